The van der Waals surface area contributed by atoms with E-state index >= 15 is 0 Å². The van der Waals surface area contributed by atoms with Crippen LogP contribution in [0, 0.1) is 18.7 Å². The number of hydrogen-bond donors (Lipinski definition) is 2. The summed E-state index contributed by atoms with van der Waals surface area (Å²) in [5.74, 6) is -0.298. The van der Waals surface area contributed by atoms with Crippen LogP contribution in [0.3, 0.4) is 0 Å². The summed E-state index contributed by atoms with van der Waals surface area (Å²) in [7, 11) is 5.63. The molecule has 2 N–H and O–H groups in total. The molecule has 0 aliphatic heterocycles. The summed E-state index contributed by atoms with van der Waals surface area (Å²) in [6.07, 6.45) is -2.89. The topological polar surface area (TPSA) is 71.4 Å². The lowest BCUT2D eigenvalue weighted by molar-refractivity contribution is -0.137. The molecule has 3 atom stereocenters. The minimum absolute atomic E-state index is 0.0205. The van der Waals surface area contributed by atoms with Gasteiger partial charge in [-0.2, -0.15) is 13.2 Å². The Hall–Kier alpha value is -4.55. The lowest BCUT2D eigenvalue weighted by Gasteiger charge is -2.35. The van der Waals surface area contributed by atoms with Gasteiger partial charge in [-0.05, 0) is 116 Å². The van der Waals surface area contributed by atoms with E-state index in [4.69, 9.17) is 4.74 Å². The Bertz CT molecular complexity index is 1960. The molecule has 50 heavy (non-hydrogen) atoms. The Morgan fingerprint density at radius 3 is 2.42 bits per heavy atom. The smallest absolute Gasteiger partial charge is 0.416 e. The molecule has 1 saturated carbocycles. The van der Waals surface area contributed by atoms with Crippen LogP contribution in [-0.4, -0.2) is 35.7 Å². The number of amides is 1. The number of hydrogen-bond acceptors (Lipinski definition) is 6. The van der Waals surface area contributed by atoms with Gasteiger partial charge in [0.2, 0.25) is 5.91 Å². The van der Waals surface area contributed by atoms with Gasteiger partial charge in [-0.25, -0.2) is 9.37 Å². The van der Waals surface area contributed by atoms with E-state index in [0.717, 1.165) is 62.9 Å². The van der Waals surface area contributed by atoms with E-state index in [9.17, 15) is 22.4 Å². The van der Waals surface area contributed by atoms with Gasteiger partial charge in [-0.15, -0.1) is 0 Å². The van der Waals surface area contributed by atoms with Crippen molar-refractivity contribution in [1.82, 2.24) is 14.9 Å². The summed E-state index contributed by atoms with van der Waals surface area (Å²) in [5.41, 5.74) is 3.80. The van der Waals surface area contributed by atoms with Gasteiger partial charge in [0.1, 0.15) is 17.4 Å². The number of fused-ring (bicyclic) bond motifs is 1. The number of imidazole rings is 1. The molecular weight excluding hydrogens is 667 g/mol. The second-order valence-corrected chi connectivity index (χ2v) is 14.0. The summed E-state index contributed by atoms with van der Waals surface area (Å²) in [5, 5.41) is 6.16. The van der Waals surface area contributed by atoms with Gasteiger partial charge >= 0.3 is 6.18 Å². The van der Waals surface area contributed by atoms with E-state index in [-0.39, 0.29) is 17.6 Å². The third-order valence-corrected chi connectivity index (χ3v) is 10.4. The van der Waals surface area contributed by atoms with Crippen molar-refractivity contribution >= 4 is 40.3 Å². The molecule has 0 bridgehead atoms. The predicted molar refractivity (Wildman–Crippen MR) is 190 cm³/mol. The maximum atomic E-state index is 14.7. The van der Waals surface area contributed by atoms with E-state index in [1.807, 2.05) is 45.3 Å². The Balaban J connectivity index is 1.17. The normalized spacial score (nSPS) is 17.9. The molecule has 4 aromatic carbocycles. The monoisotopic (exact) mass is 705 g/mol. The van der Waals surface area contributed by atoms with Crippen molar-refractivity contribution < 1.29 is 27.1 Å². The standard InChI is InChI=1S/C38H39F4N5O2S/c1-23-44-35-21-32(14-16-36(35)46(23)2)50-47(3)30-10-7-25(8-11-30)26-17-27(19-29(18-26)43-22-24-5-12-31(49-4)13-6-24)37(48)45-34-15-9-28(20-33(34)39)38(40,41)42/h5-16,20-21,26-27,29,43H,17-19,22H2,1-4H3,(H,45,48). The van der Waals surface area contributed by atoms with Crippen LogP contribution in [0.15, 0.2) is 89.8 Å². The average molecular weight is 706 g/mol. The Morgan fingerprint density at radius 1 is 1.00 bits per heavy atom. The molecule has 0 saturated heterocycles. The third-order valence-electron chi connectivity index (χ3n) is 9.43. The maximum Gasteiger partial charge on any atom is 0.416 e. The van der Waals surface area contributed by atoms with Crippen molar-refractivity contribution in [3.05, 3.63) is 113 Å². The van der Waals surface area contributed by atoms with Crippen molar-refractivity contribution in [3.8, 4) is 5.75 Å². The van der Waals surface area contributed by atoms with Gasteiger partial charge in [-0.3, -0.25) is 4.79 Å². The second kappa shape index (κ2) is 14.7. The van der Waals surface area contributed by atoms with Crippen molar-refractivity contribution in [2.24, 2.45) is 13.0 Å². The Morgan fingerprint density at radius 2 is 1.74 bits per heavy atom. The van der Waals surface area contributed by atoms with Crippen LogP contribution in [0.2, 0.25) is 0 Å². The van der Waals surface area contributed by atoms with Crippen molar-refractivity contribution in [2.75, 3.05) is 23.8 Å². The highest BCUT2D eigenvalue weighted by Gasteiger charge is 2.35. The molecule has 1 fully saturated rings. The zero-order valence-corrected chi connectivity index (χ0v) is 29.0. The molecule has 3 unspecified atom stereocenters. The summed E-state index contributed by atoms with van der Waals surface area (Å²) < 4.78 is 63.4. The fraction of sp³-hybridized carbons (Fsp3) is 0.316. The number of anilines is 2. The largest absolute Gasteiger partial charge is 0.497 e. The van der Waals surface area contributed by atoms with E-state index in [1.165, 1.54) is 0 Å². The number of nitrogens with zero attached hydrogens (tertiary/aromatic N) is 3. The van der Waals surface area contributed by atoms with Crippen molar-refractivity contribution in [2.45, 2.75) is 55.8 Å². The molecule has 1 aliphatic carbocycles. The number of carbonyl (C=O) groups excluding carboxylic acids is 1. The maximum absolute atomic E-state index is 14.7. The van der Waals surface area contributed by atoms with Crippen LogP contribution in [0.4, 0.5) is 28.9 Å². The van der Waals surface area contributed by atoms with Crippen LogP contribution in [0.25, 0.3) is 11.0 Å². The molecule has 0 spiro atoms. The number of methoxy groups -OCH3 is 1. The molecule has 262 valence electrons. The number of benzene rings is 4. The first-order chi connectivity index (χ1) is 23.9. The highest BCUT2D eigenvalue weighted by molar-refractivity contribution is 8.00. The molecule has 6 rings (SSSR count). The first-order valence-electron chi connectivity index (χ1n) is 16.4. The number of aryl methyl sites for hydroxylation is 2. The minimum Gasteiger partial charge on any atom is -0.497 e. The Labute approximate surface area is 293 Å². The first-order valence-corrected chi connectivity index (χ1v) is 17.1. The number of alkyl halides is 3. The highest BCUT2D eigenvalue weighted by Crippen LogP contribution is 2.39. The van der Waals surface area contributed by atoms with Crippen LogP contribution >= 0.6 is 11.9 Å². The number of aromatic nitrogens is 2. The quantitative estimate of drug-likeness (QED) is 0.112. The number of rotatable bonds is 10. The van der Waals surface area contributed by atoms with Crippen LogP contribution < -0.4 is 19.7 Å². The molecule has 5 aromatic rings. The summed E-state index contributed by atoms with van der Waals surface area (Å²) in [4.78, 5) is 19.3. The van der Waals surface area contributed by atoms with Gasteiger partial charge in [0.05, 0.1) is 29.4 Å². The molecule has 1 amide bonds. The average Bonchev–Trinajstić information content (AvgIpc) is 3.39. The van der Waals surface area contributed by atoms with Crippen LogP contribution in [0.1, 0.15) is 47.7 Å². The zero-order chi connectivity index (χ0) is 35.6. The fourth-order valence-electron chi connectivity index (χ4n) is 6.53. The first kappa shape index (κ1) is 35.3. The summed E-state index contributed by atoms with van der Waals surface area (Å²) in [6, 6.07) is 24.4. The highest BCUT2D eigenvalue weighted by atomic mass is 32.2. The van der Waals surface area contributed by atoms with Gasteiger partial charge in [-0.1, -0.05) is 24.3 Å². The van der Waals surface area contributed by atoms with Crippen LogP contribution in [-0.2, 0) is 24.6 Å². The fourth-order valence-corrected chi connectivity index (χ4v) is 7.37. The summed E-state index contributed by atoms with van der Waals surface area (Å²) in [6.45, 7) is 2.56. The lowest BCUT2D eigenvalue weighted by Crippen LogP contribution is -2.40. The van der Waals surface area contributed by atoms with E-state index in [1.54, 1.807) is 19.1 Å². The number of carbonyl (C=O) groups is 1. The van der Waals surface area contributed by atoms with E-state index < -0.39 is 29.4 Å². The van der Waals surface area contributed by atoms with Gasteiger partial charge in [0, 0.05) is 43.2 Å². The number of halogens is 4. The predicted octanol–water partition coefficient (Wildman–Crippen LogP) is 8.87. The van der Waals surface area contributed by atoms with E-state index in [2.05, 4.69) is 67.0 Å². The molecule has 1 aromatic heterocycles. The molecule has 12 heteroatoms. The minimum atomic E-state index is -4.68. The second-order valence-electron chi connectivity index (χ2n) is 12.8. The summed E-state index contributed by atoms with van der Waals surface area (Å²) >= 11 is 1.60. The van der Waals surface area contributed by atoms with Gasteiger partial charge in [0.15, 0.2) is 0 Å². The Kier molecular flexibility index (Phi) is 10.4. The van der Waals surface area contributed by atoms with Crippen molar-refractivity contribution in [1.29, 1.82) is 0 Å². The molecule has 1 heterocycles. The van der Waals surface area contributed by atoms with Crippen LogP contribution in [0.5, 0.6) is 5.75 Å². The zero-order valence-electron chi connectivity index (χ0n) is 28.2. The van der Waals surface area contributed by atoms with Gasteiger partial charge < -0.3 is 24.2 Å². The molecular formula is C38H39F4N5O2S. The third kappa shape index (κ3) is 8.08. The molecule has 7 nitrogen and oxygen atoms in total. The lowest BCUT2D eigenvalue weighted by atomic mass is 9.75. The SMILES string of the molecule is COc1ccc(CNC2CC(C(=O)Nc3ccc(C(F)(F)F)cc3F)CC(c3ccc(N(C)Sc4ccc5c(c4)nc(C)n5C)cc3)C2)cc1. The number of nitrogens with one attached hydrogen (secondary N) is 2. The van der Waals surface area contributed by atoms with Gasteiger partial charge in [0.25, 0.3) is 0 Å². The molecule has 1 aliphatic rings. The van der Waals surface area contributed by atoms with E-state index in [0.29, 0.717) is 25.5 Å². The number of ether oxygens (including phenoxy) is 1. The molecule has 0 radical (unpaired) electrons. The van der Waals surface area contributed by atoms with Crippen molar-refractivity contribution in [3.63, 3.8) is 0 Å².